The van der Waals surface area contributed by atoms with Gasteiger partial charge in [0.2, 0.25) is 0 Å². The Kier molecular flexibility index (Phi) is 5.57. The summed E-state index contributed by atoms with van der Waals surface area (Å²) < 4.78 is 1.76. The maximum atomic E-state index is 12.6. The third-order valence-electron chi connectivity index (χ3n) is 5.67. The van der Waals surface area contributed by atoms with E-state index in [4.69, 9.17) is 16.6 Å². The molecule has 26 heavy (non-hydrogen) atoms. The largest absolute Gasteiger partial charge is 0.309 e. The highest BCUT2D eigenvalue weighted by Crippen LogP contribution is 2.42. The first kappa shape index (κ1) is 19.2. The van der Waals surface area contributed by atoms with E-state index in [1.54, 1.807) is 4.57 Å². The van der Waals surface area contributed by atoms with Crippen molar-refractivity contribution in [2.45, 2.75) is 65.7 Å². The van der Waals surface area contributed by atoms with Gasteiger partial charge in [-0.1, -0.05) is 51.3 Å². The Bertz CT molecular complexity index is 883. The zero-order valence-corrected chi connectivity index (χ0v) is 17.3. The molecule has 3 rings (SSSR count). The van der Waals surface area contributed by atoms with Gasteiger partial charge in [0.15, 0.2) is 0 Å². The van der Waals surface area contributed by atoms with Gasteiger partial charge in [0, 0.05) is 12.6 Å². The number of nitrogens with zero attached hydrogens (tertiary/aromatic N) is 2. The number of fused-ring (bicyclic) bond motifs is 3. The summed E-state index contributed by atoms with van der Waals surface area (Å²) in [6.07, 6.45) is 5.47. The number of aryl methyl sites for hydroxylation is 2. The van der Waals surface area contributed by atoms with Gasteiger partial charge in [0.25, 0.3) is 5.56 Å². The molecule has 3 nitrogen and oxygen atoms in total. The fourth-order valence-corrected chi connectivity index (χ4v) is 4.36. The van der Waals surface area contributed by atoms with E-state index >= 15 is 0 Å². The normalized spacial score (nSPS) is 15.9. The molecule has 0 radical (unpaired) electrons. The maximum absolute atomic E-state index is 12.6. The number of aromatic nitrogens is 2. The van der Waals surface area contributed by atoms with Gasteiger partial charge in [-0.3, -0.25) is 4.79 Å². The predicted octanol–water partition coefficient (Wildman–Crippen LogP) is 5.44. The zero-order valence-electron chi connectivity index (χ0n) is 16.5. The number of pyridine rings is 2. The second kappa shape index (κ2) is 7.56. The van der Waals surface area contributed by atoms with E-state index in [-0.39, 0.29) is 5.56 Å². The number of unbranched alkanes of at least 4 members (excludes halogenated alkanes) is 2. The van der Waals surface area contributed by atoms with Crippen molar-refractivity contribution in [1.82, 2.24) is 9.55 Å². The lowest BCUT2D eigenvalue weighted by Crippen LogP contribution is -2.28. The summed E-state index contributed by atoms with van der Waals surface area (Å²) in [5.74, 6) is 0.896. The van der Waals surface area contributed by atoms with Crippen molar-refractivity contribution in [2.24, 2.45) is 13.0 Å². The van der Waals surface area contributed by atoms with Crippen molar-refractivity contribution in [3.8, 4) is 11.4 Å². The molecule has 0 spiro atoms. The highest BCUT2D eigenvalue weighted by atomic mass is 35.5. The quantitative estimate of drug-likeness (QED) is 0.517. The van der Waals surface area contributed by atoms with Crippen LogP contribution in [0.2, 0.25) is 5.15 Å². The van der Waals surface area contributed by atoms with E-state index in [0.717, 1.165) is 41.8 Å². The molecule has 0 amide bonds. The average Bonchev–Trinajstić information content (AvgIpc) is 2.59. The molecular weight excluding hydrogens is 344 g/mol. The van der Waals surface area contributed by atoms with Crippen LogP contribution in [0.4, 0.5) is 0 Å². The third kappa shape index (κ3) is 3.34. The summed E-state index contributed by atoms with van der Waals surface area (Å²) in [7, 11) is 1.85. The highest BCUT2D eigenvalue weighted by Gasteiger charge is 2.31. The molecule has 1 atom stereocenters. The summed E-state index contributed by atoms with van der Waals surface area (Å²) in [5, 5.41) is 0.585. The maximum Gasteiger partial charge on any atom is 0.253 e. The number of rotatable bonds is 5. The van der Waals surface area contributed by atoms with Gasteiger partial charge in [-0.15, -0.1) is 0 Å². The Morgan fingerprint density at radius 2 is 2.04 bits per heavy atom. The second-order valence-electron chi connectivity index (χ2n) is 7.95. The van der Waals surface area contributed by atoms with Gasteiger partial charge in [0.05, 0.1) is 11.4 Å². The molecule has 2 aromatic rings. The minimum atomic E-state index is 0.0454. The first-order valence-electron chi connectivity index (χ1n) is 9.74. The van der Waals surface area contributed by atoms with Gasteiger partial charge >= 0.3 is 0 Å². The second-order valence-corrected chi connectivity index (χ2v) is 8.31. The monoisotopic (exact) mass is 372 g/mol. The Labute approximate surface area is 161 Å². The van der Waals surface area contributed by atoms with Crippen molar-refractivity contribution in [1.29, 1.82) is 0 Å². The van der Waals surface area contributed by atoms with Crippen molar-refractivity contribution < 1.29 is 0 Å². The highest BCUT2D eigenvalue weighted by molar-refractivity contribution is 6.30. The first-order chi connectivity index (χ1) is 12.3. The van der Waals surface area contributed by atoms with Gasteiger partial charge in [-0.05, 0) is 60.8 Å². The Balaban J connectivity index is 2.17. The topological polar surface area (TPSA) is 34.9 Å². The fourth-order valence-electron chi connectivity index (χ4n) is 4.12. The van der Waals surface area contributed by atoms with Gasteiger partial charge in [-0.2, -0.15) is 0 Å². The van der Waals surface area contributed by atoms with Crippen LogP contribution in [0.15, 0.2) is 16.9 Å². The lowest BCUT2D eigenvalue weighted by Gasteiger charge is -2.31. The van der Waals surface area contributed by atoms with Gasteiger partial charge in [0.1, 0.15) is 5.15 Å². The van der Waals surface area contributed by atoms with Gasteiger partial charge in [-0.25, -0.2) is 4.98 Å². The van der Waals surface area contributed by atoms with E-state index in [1.165, 1.54) is 24.0 Å². The van der Waals surface area contributed by atoms with E-state index < -0.39 is 0 Å². The van der Waals surface area contributed by atoms with Crippen molar-refractivity contribution >= 4 is 11.6 Å². The number of halogens is 1. The minimum Gasteiger partial charge on any atom is -0.309 e. The van der Waals surface area contributed by atoms with E-state index in [0.29, 0.717) is 17.0 Å². The molecule has 1 unspecified atom stereocenters. The van der Waals surface area contributed by atoms with Crippen LogP contribution >= 0.6 is 11.6 Å². The smallest absolute Gasteiger partial charge is 0.253 e. The zero-order chi connectivity index (χ0) is 19.0. The van der Waals surface area contributed by atoms with Crippen LogP contribution in [0.5, 0.6) is 0 Å². The Morgan fingerprint density at radius 3 is 2.69 bits per heavy atom. The van der Waals surface area contributed by atoms with E-state index in [2.05, 4.69) is 32.9 Å². The molecule has 0 aromatic carbocycles. The van der Waals surface area contributed by atoms with Crippen LogP contribution in [0.1, 0.15) is 68.2 Å². The molecular formula is C22H29ClN2O. The summed E-state index contributed by atoms with van der Waals surface area (Å²) in [4.78, 5) is 17.3. The van der Waals surface area contributed by atoms with Crippen LogP contribution in [0, 0.1) is 12.8 Å². The molecule has 4 heteroatoms. The van der Waals surface area contributed by atoms with Crippen LogP contribution in [0.25, 0.3) is 11.4 Å². The SMILES string of the molecule is CCCCCc1cc2c(nc1Cl)-c1c(cc(C)c(=O)n1C)C(C(C)C)C2. The summed E-state index contributed by atoms with van der Waals surface area (Å²) in [6, 6.07) is 4.30. The average molecular weight is 373 g/mol. The first-order valence-corrected chi connectivity index (χ1v) is 10.1. The molecule has 2 heterocycles. The van der Waals surface area contributed by atoms with Crippen LogP contribution in [0.3, 0.4) is 0 Å². The summed E-state index contributed by atoms with van der Waals surface area (Å²) in [5.41, 5.74) is 6.28. The third-order valence-corrected chi connectivity index (χ3v) is 6.00. The van der Waals surface area contributed by atoms with Crippen LogP contribution in [-0.2, 0) is 19.9 Å². The molecule has 2 aromatic heterocycles. The Morgan fingerprint density at radius 1 is 1.31 bits per heavy atom. The Hall–Kier alpha value is -1.61. The van der Waals surface area contributed by atoms with Crippen molar-refractivity contribution in [3.05, 3.63) is 49.9 Å². The van der Waals surface area contributed by atoms with Crippen molar-refractivity contribution in [2.75, 3.05) is 0 Å². The molecule has 1 aliphatic carbocycles. The summed E-state index contributed by atoms with van der Waals surface area (Å²) in [6.45, 7) is 8.61. The van der Waals surface area contributed by atoms with Crippen LogP contribution < -0.4 is 5.56 Å². The molecule has 0 N–H and O–H groups in total. The van der Waals surface area contributed by atoms with Crippen molar-refractivity contribution in [3.63, 3.8) is 0 Å². The molecule has 0 bridgehead atoms. The minimum absolute atomic E-state index is 0.0454. The molecule has 140 valence electrons. The molecule has 0 fully saturated rings. The molecule has 0 aliphatic heterocycles. The predicted molar refractivity (Wildman–Crippen MR) is 109 cm³/mol. The number of hydrogen-bond acceptors (Lipinski definition) is 2. The lowest BCUT2D eigenvalue weighted by atomic mass is 9.76. The lowest BCUT2D eigenvalue weighted by molar-refractivity contribution is 0.486. The fraction of sp³-hybridized carbons (Fsp3) is 0.545. The molecule has 0 saturated heterocycles. The standard InChI is InChI=1S/C22H29ClN2O/c1-6-7-8-9-15-11-16-12-17(13(2)3)18-10-14(4)22(26)25(5)20(18)19(16)24-21(15)23/h10-11,13,17H,6-9,12H2,1-5H3. The van der Waals surface area contributed by atoms with Gasteiger partial charge < -0.3 is 4.57 Å². The molecule has 0 saturated carbocycles. The van der Waals surface area contributed by atoms with E-state index in [9.17, 15) is 4.79 Å². The summed E-state index contributed by atoms with van der Waals surface area (Å²) >= 11 is 6.53. The van der Waals surface area contributed by atoms with E-state index in [1.807, 2.05) is 14.0 Å². The van der Waals surface area contributed by atoms with Crippen LogP contribution in [-0.4, -0.2) is 9.55 Å². The molecule has 1 aliphatic rings. The number of hydrogen-bond donors (Lipinski definition) is 0.